The summed E-state index contributed by atoms with van der Waals surface area (Å²) in [6.45, 7) is -0.152. The Morgan fingerprint density at radius 2 is 1.94 bits per heavy atom. The lowest BCUT2D eigenvalue weighted by atomic mass is 10.1. The van der Waals surface area contributed by atoms with Crippen LogP contribution in [0.15, 0.2) is 24.3 Å². The van der Waals surface area contributed by atoms with Crippen LogP contribution in [0.5, 0.6) is 0 Å². The summed E-state index contributed by atoms with van der Waals surface area (Å²) in [4.78, 5) is 24.1. The summed E-state index contributed by atoms with van der Waals surface area (Å²) < 4.78 is 0. The zero-order valence-electron chi connectivity index (χ0n) is 9.36. The molecule has 0 aliphatic rings. The van der Waals surface area contributed by atoms with Gasteiger partial charge >= 0.3 is 0 Å². The topological polar surface area (TPSA) is 75.4 Å². The van der Waals surface area contributed by atoms with Gasteiger partial charge < -0.3 is 16.0 Å². The molecule has 0 bridgehead atoms. The Morgan fingerprint density at radius 1 is 1.31 bits per heavy atom. The molecule has 0 unspecified atom stereocenters. The van der Waals surface area contributed by atoms with E-state index in [0.717, 1.165) is 5.69 Å². The van der Waals surface area contributed by atoms with Gasteiger partial charge in [-0.15, -0.1) is 0 Å². The fraction of sp³-hybridized carbons (Fsp3) is 0.273. The second-order valence-corrected chi connectivity index (χ2v) is 3.56. The van der Waals surface area contributed by atoms with Crippen molar-refractivity contribution in [2.45, 2.75) is 0 Å². The van der Waals surface area contributed by atoms with Crippen LogP contribution < -0.4 is 16.0 Å². The summed E-state index contributed by atoms with van der Waals surface area (Å²) in [5.74, 6) is -0.862. The molecule has 0 aromatic heterocycles. The van der Waals surface area contributed by atoms with Crippen molar-refractivity contribution in [3.8, 4) is 0 Å². The van der Waals surface area contributed by atoms with Gasteiger partial charge in [0, 0.05) is 19.8 Å². The van der Waals surface area contributed by atoms with Crippen LogP contribution in [0.1, 0.15) is 10.4 Å². The molecule has 0 saturated carbocycles. The van der Waals surface area contributed by atoms with Gasteiger partial charge in [0.1, 0.15) is 0 Å². The Morgan fingerprint density at radius 3 is 2.50 bits per heavy atom. The van der Waals surface area contributed by atoms with E-state index < -0.39 is 5.91 Å². The number of nitrogens with two attached hydrogens (primary N) is 1. The quantitative estimate of drug-likeness (QED) is 0.749. The van der Waals surface area contributed by atoms with E-state index in [-0.39, 0.29) is 12.5 Å². The van der Waals surface area contributed by atoms with Crippen molar-refractivity contribution in [2.24, 2.45) is 5.73 Å². The smallest absolute Gasteiger partial charge is 0.253 e. The highest BCUT2D eigenvalue weighted by Crippen LogP contribution is 2.17. The number of primary amides is 1. The van der Waals surface area contributed by atoms with Gasteiger partial charge in [0.05, 0.1) is 12.1 Å². The number of carbonyl (C=O) groups is 2. The second-order valence-electron chi connectivity index (χ2n) is 3.56. The van der Waals surface area contributed by atoms with E-state index in [0.29, 0.717) is 5.56 Å². The number of benzene rings is 1. The molecule has 1 aromatic carbocycles. The van der Waals surface area contributed by atoms with E-state index in [1.54, 1.807) is 12.1 Å². The third-order valence-corrected chi connectivity index (χ3v) is 2.05. The third-order valence-electron chi connectivity index (χ3n) is 2.05. The zero-order chi connectivity index (χ0) is 12.1. The van der Waals surface area contributed by atoms with E-state index in [4.69, 9.17) is 5.73 Å². The van der Waals surface area contributed by atoms with Crippen LogP contribution in [-0.2, 0) is 4.79 Å². The lowest BCUT2D eigenvalue weighted by molar-refractivity contribution is -0.117. The molecule has 1 rings (SSSR count). The predicted octanol–water partition coefficient (Wildman–Crippen LogP) is -0.0323. The maximum absolute atomic E-state index is 11.7. The highest BCUT2D eigenvalue weighted by atomic mass is 16.2. The highest BCUT2D eigenvalue weighted by Gasteiger charge is 2.11. The first-order valence-electron chi connectivity index (χ1n) is 4.85. The van der Waals surface area contributed by atoms with Crippen molar-refractivity contribution in [1.82, 2.24) is 5.32 Å². The Kier molecular flexibility index (Phi) is 3.88. The van der Waals surface area contributed by atoms with Crippen LogP contribution in [0.4, 0.5) is 5.69 Å². The van der Waals surface area contributed by atoms with Crippen molar-refractivity contribution >= 4 is 17.5 Å². The first-order chi connectivity index (χ1) is 7.52. The molecule has 5 nitrogen and oxygen atoms in total. The molecule has 86 valence electrons. The van der Waals surface area contributed by atoms with Gasteiger partial charge in [-0.3, -0.25) is 9.59 Å². The van der Waals surface area contributed by atoms with Gasteiger partial charge in [0.25, 0.3) is 5.91 Å². The SMILES string of the molecule is CN(C)c1ccccc1C(=O)NCC(N)=O. The molecule has 1 aromatic rings. The minimum Gasteiger partial charge on any atom is -0.377 e. The van der Waals surface area contributed by atoms with Crippen LogP contribution in [0.3, 0.4) is 0 Å². The maximum atomic E-state index is 11.7. The number of rotatable bonds is 4. The highest BCUT2D eigenvalue weighted by molar-refractivity contribution is 6.01. The largest absolute Gasteiger partial charge is 0.377 e. The normalized spacial score (nSPS) is 9.62. The Hall–Kier alpha value is -2.04. The van der Waals surface area contributed by atoms with Crippen LogP contribution in [0.2, 0.25) is 0 Å². The van der Waals surface area contributed by atoms with Crippen molar-refractivity contribution in [3.63, 3.8) is 0 Å². The summed E-state index contributed by atoms with van der Waals surface area (Å²) in [7, 11) is 3.69. The third kappa shape index (κ3) is 2.98. The fourth-order valence-corrected chi connectivity index (χ4v) is 1.32. The Labute approximate surface area is 94.2 Å². The number of carbonyl (C=O) groups excluding carboxylic acids is 2. The molecular formula is C11H15N3O2. The van der Waals surface area contributed by atoms with Crippen LogP contribution in [-0.4, -0.2) is 32.5 Å². The first-order valence-corrected chi connectivity index (χ1v) is 4.85. The van der Waals surface area contributed by atoms with Gasteiger partial charge in [-0.2, -0.15) is 0 Å². The van der Waals surface area contributed by atoms with Gasteiger partial charge in [-0.05, 0) is 12.1 Å². The number of para-hydroxylation sites is 1. The van der Waals surface area contributed by atoms with E-state index in [9.17, 15) is 9.59 Å². The summed E-state index contributed by atoms with van der Waals surface area (Å²) in [6.07, 6.45) is 0. The molecular weight excluding hydrogens is 206 g/mol. The van der Waals surface area contributed by atoms with Gasteiger partial charge in [0.2, 0.25) is 5.91 Å². The Bertz CT molecular complexity index is 402. The minimum absolute atomic E-state index is 0.152. The number of anilines is 1. The van der Waals surface area contributed by atoms with Crippen molar-refractivity contribution in [2.75, 3.05) is 25.5 Å². The number of amides is 2. The number of nitrogens with one attached hydrogen (secondary N) is 1. The molecule has 3 N–H and O–H groups in total. The summed E-state index contributed by atoms with van der Waals surface area (Å²) >= 11 is 0. The average Bonchev–Trinajstić information content (AvgIpc) is 2.25. The molecule has 0 heterocycles. The molecule has 0 aliphatic carbocycles. The summed E-state index contributed by atoms with van der Waals surface area (Å²) in [6, 6.07) is 7.15. The molecule has 0 saturated heterocycles. The van der Waals surface area contributed by atoms with Crippen molar-refractivity contribution in [3.05, 3.63) is 29.8 Å². The van der Waals surface area contributed by atoms with E-state index in [2.05, 4.69) is 5.32 Å². The average molecular weight is 221 g/mol. The number of hydrogen-bond donors (Lipinski definition) is 2. The molecule has 0 aliphatic heterocycles. The molecule has 0 fully saturated rings. The van der Waals surface area contributed by atoms with Gasteiger partial charge in [-0.1, -0.05) is 12.1 Å². The molecule has 0 radical (unpaired) electrons. The summed E-state index contributed by atoms with van der Waals surface area (Å²) in [5, 5.41) is 2.45. The van der Waals surface area contributed by atoms with E-state index in [1.165, 1.54) is 0 Å². The van der Waals surface area contributed by atoms with Gasteiger partial charge in [0.15, 0.2) is 0 Å². The Balaban J connectivity index is 2.86. The first kappa shape index (κ1) is 12.0. The molecule has 2 amide bonds. The maximum Gasteiger partial charge on any atom is 0.253 e. The van der Waals surface area contributed by atoms with Crippen molar-refractivity contribution in [1.29, 1.82) is 0 Å². The van der Waals surface area contributed by atoms with E-state index >= 15 is 0 Å². The zero-order valence-corrected chi connectivity index (χ0v) is 9.36. The molecule has 16 heavy (non-hydrogen) atoms. The number of nitrogens with zero attached hydrogens (tertiary/aromatic N) is 1. The standard InChI is InChI=1S/C11H15N3O2/c1-14(2)9-6-4-3-5-8(9)11(16)13-7-10(12)15/h3-6H,7H2,1-2H3,(H2,12,15)(H,13,16). The van der Waals surface area contributed by atoms with Crippen LogP contribution >= 0.6 is 0 Å². The van der Waals surface area contributed by atoms with Gasteiger partial charge in [-0.25, -0.2) is 0 Å². The predicted molar refractivity (Wildman–Crippen MR) is 62.3 cm³/mol. The van der Waals surface area contributed by atoms with Crippen molar-refractivity contribution < 1.29 is 9.59 Å². The molecule has 0 spiro atoms. The van der Waals surface area contributed by atoms with E-state index in [1.807, 2.05) is 31.1 Å². The monoisotopic (exact) mass is 221 g/mol. The molecule has 5 heteroatoms. The lowest BCUT2D eigenvalue weighted by Crippen LogP contribution is -2.34. The van der Waals surface area contributed by atoms with Crippen LogP contribution in [0, 0.1) is 0 Å². The molecule has 0 atom stereocenters. The second kappa shape index (κ2) is 5.16. The lowest BCUT2D eigenvalue weighted by Gasteiger charge is -2.16. The minimum atomic E-state index is -0.560. The van der Waals surface area contributed by atoms with Crippen LogP contribution in [0.25, 0.3) is 0 Å². The fourth-order valence-electron chi connectivity index (χ4n) is 1.32. The number of hydrogen-bond acceptors (Lipinski definition) is 3. The summed E-state index contributed by atoms with van der Waals surface area (Å²) in [5.41, 5.74) is 6.27.